The number of nitrogens with one attached hydrogen (secondary N) is 2. The van der Waals surface area contributed by atoms with Gasteiger partial charge < -0.3 is 24.8 Å². The molecular weight excluding hydrogens is 272 g/mol. The molecule has 0 bridgehead atoms. The van der Waals surface area contributed by atoms with Gasteiger partial charge in [-0.05, 0) is 18.6 Å². The first-order valence-corrected chi connectivity index (χ1v) is 6.92. The molecule has 21 heavy (non-hydrogen) atoms. The lowest BCUT2D eigenvalue weighted by Gasteiger charge is -2.12. The van der Waals surface area contributed by atoms with Gasteiger partial charge >= 0.3 is 0 Å². The third kappa shape index (κ3) is 6.35. The van der Waals surface area contributed by atoms with Crippen molar-refractivity contribution < 1.29 is 19.0 Å². The highest BCUT2D eigenvalue weighted by atomic mass is 16.5. The molecule has 6 heteroatoms. The second kappa shape index (κ2) is 9.88. The molecule has 0 aliphatic heterocycles. The summed E-state index contributed by atoms with van der Waals surface area (Å²) in [4.78, 5) is 11.6. The monoisotopic (exact) mass is 296 g/mol. The Morgan fingerprint density at radius 2 is 1.95 bits per heavy atom. The first-order valence-electron chi connectivity index (χ1n) is 6.92. The van der Waals surface area contributed by atoms with Gasteiger partial charge in [-0.1, -0.05) is 0 Å². The SMILES string of the molecule is COCCCNC(=O)CCNc1ccc(OC)cc1OC. The van der Waals surface area contributed by atoms with Crippen molar-refractivity contribution in [3.05, 3.63) is 18.2 Å². The fraction of sp³-hybridized carbons (Fsp3) is 0.533. The van der Waals surface area contributed by atoms with Crippen LogP contribution in [0.15, 0.2) is 18.2 Å². The van der Waals surface area contributed by atoms with Crippen LogP contribution in [0.3, 0.4) is 0 Å². The molecule has 0 saturated heterocycles. The average molecular weight is 296 g/mol. The van der Waals surface area contributed by atoms with Crippen molar-refractivity contribution in [2.24, 2.45) is 0 Å². The van der Waals surface area contributed by atoms with Crippen molar-refractivity contribution in [1.29, 1.82) is 0 Å². The van der Waals surface area contributed by atoms with Crippen molar-refractivity contribution in [3.8, 4) is 11.5 Å². The van der Waals surface area contributed by atoms with Crippen LogP contribution in [-0.2, 0) is 9.53 Å². The summed E-state index contributed by atoms with van der Waals surface area (Å²) in [6.07, 6.45) is 1.23. The van der Waals surface area contributed by atoms with Gasteiger partial charge in [-0.25, -0.2) is 0 Å². The second-order valence-corrected chi connectivity index (χ2v) is 4.44. The van der Waals surface area contributed by atoms with E-state index in [1.807, 2.05) is 12.1 Å². The maximum absolute atomic E-state index is 11.6. The Labute approximate surface area is 125 Å². The number of hydrogen-bond donors (Lipinski definition) is 2. The minimum atomic E-state index is 0.0195. The predicted molar refractivity (Wildman–Crippen MR) is 82.2 cm³/mol. The molecule has 0 radical (unpaired) electrons. The highest BCUT2D eigenvalue weighted by molar-refractivity contribution is 5.76. The molecule has 1 amide bonds. The van der Waals surface area contributed by atoms with Crippen LogP contribution in [-0.4, -0.2) is 46.9 Å². The highest BCUT2D eigenvalue weighted by Gasteiger charge is 2.05. The van der Waals surface area contributed by atoms with Crippen molar-refractivity contribution >= 4 is 11.6 Å². The topological polar surface area (TPSA) is 68.8 Å². The molecule has 2 N–H and O–H groups in total. The molecule has 6 nitrogen and oxygen atoms in total. The molecule has 1 aromatic carbocycles. The van der Waals surface area contributed by atoms with E-state index >= 15 is 0 Å². The lowest BCUT2D eigenvalue weighted by Crippen LogP contribution is -2.26. The first kappa shape index (κ1) is 17.1. The molecule has 0 fully saturated rings. The van der Waals surface area contributed by atoms with Crippen LogP contribution in [0.1, 0.15) is 12.8 Å². The van der Waals surface area contributed by atoms with Crippen molar-refractivity contribution in [1.82, 2.24) is 5.32 Å². The maximum atomic E-state index is 11.6. The number of ether oxygens (including phenoxy) is 3. The van der Waals surface area contributed by atoms with E-state index in [0.29, 0.717) is 31.9 Å². The van der Waals surface area contributed by atoms with E-state index in [1.165, 1.54) is 0 Å². The Kier molecular flexibility index (Phi) is 8.04. The molecule has 0 heterocycles. The van der Waals surface area contributed by atoms with Gasteiger partial charge in [0.1, 0.15) is 11.5 Å². The number of rotatable bonds is 10. The summed E-state index contributed by atoms with van der Waals surface area (Å²) in [7, 11) is 4.85. The number of benzene rings is 1. The van der Waals surface area contributed by atoms with Crippen LogP contribution in [0.5, 0.6) is 11.5 Å². The Morgan fingerprint density at radius 1 is 1.14 bits per heavy atom. The van der Waals surface area contributed by atoms with Crippen LogP contribution >= 0.6 is 0 Å². The molecule has 0 saturated carbocycles. The molecular formula is C15H24N2O4. The Hall–Kier alpha value is -1.95. The van der Waals surface area contributed by atoms with Gasteiger partial charge in [0, 0.05) is 39.3 Å². The van der Waals surface area contributed by atoms with Crippen molar-refractivity contribution in [2.75, 3.05) is 46.3 Å². The normalized spacial score (nSPS) is 10.0. The molecule has 1 aromatic rings. The second-order valence-electron chi connectivity index (χ2n) is 4.44. The number of hydrogen-bond acceptors (Lipinski definition) is 5. The lowest BCUT2D eigenvalue weighted by atomic mass is 10.2. The van der Waals surface area contributed by atoms with Crippen LogP contribution in [0.25, 0.3) is 0 Å². The van der Waals surface area contributed by atoms with E-state index in [9.17, 15) is 4.79 Å². The van der Waals surface area contributed by atoms with Crippen LogP contribution in [0.2, 0.25) is 0 Å². The van der Waals surface area contributed by atoms with Gasteiger partial charge in [0.05, 0.1) is 19.9 Å². The largest absolute Gasteiger partial charge is 0.497 e. The summed E-state index contributed by atoms with van der Waals surface area (Å²) in [5.74, 6) is 1.44. The number of carbonyl (C=O) groups excluding carboxylic acids is 1. The molecule has 0 atom stereocenters. The molecule has 118 valence electrons. The third-order valence-electron chi connectivity index (χ3n) is 2.92. The molecule has 0 aliphatic rings. The fourth-order valence-electron chi connectivity index (χ4n) is 1.79. The Morgan fingerprint density at radius 3 is 2.62 bits per heavy atom. The van der Waals surface area contributed by atoms with E-state index in [-0.39, 0.29) is 5.91 Å². The lowest BCUT2D eigenvalue weighted by molar-refractivity contribution is -0.120. The van der Waals surface area contributed by atoms with Crippen LogP contribution < -0.4 is 20.1 Å². The van der Waals surface area contributed by atoms with Gasteiger partial charge in [0.15, 0.2) is 0 Å². The zero-order valence-corrected chi connectivity index (χ0v) is 12.9. The average Bonchev–Trinajstić information content (AvgIpc) is 2.51. The third-order valence-corrected chi connectivity index (χ3v) is 2.92. The van der Waals surface area contributed by atoms with Gasteiger partial charge in [-0.15, -0.1) is 0 Å². The van der Waals surface area contributed by atoms with E-state index < -0.39 is 0 Å². The minimum Gasteiger partial charge on any atom is -0.497 e. The van der Waals surface area contributed by atoms with Gasteiger partial charge in [0.25, 0.3) is 0 Å². The van der Waals surface area contributed by atoms with Crippen molar-refractivity contribution in [2.45, 2.75) is 12.8 Å². The predicted octanol–water partition coefficient (Wildman–Crippen LogP) is 1.66. The Balaban J connectivity index is 2.33. The van der Waals surface area contributed by atoms with E-state index in [1.54, 1.807) is 27.4 Å². The Bertz CT molecular complexity index is 438. The number of methoxy groups -OCH3 is 3. The summed E-state index contributed by atoms with van der Waals surface area (Å²) >= 11 is 0. The summed E-state index contributed by atoms with van der Waals surface area (Å²) < 4.78 is 15.3. The number of anilines is 1. The van der Waals surface area contributed by atoms with Gasteiger partial charge in [-0.3, -0.25) is 4.79 Å². The summed E-state index contributed by atoms with van der Waals surface area (Å²) in [5.41, 5.74) is 0.838. The van der Waals surface area contributed by atoms with E-state index in [0.717, 1.165) is 17.9 Å². The van der Waals surface area contributed by atoms with Crippen LogP contribution in [0.4, 0.5) is 5.69 Å². The molecule has 0 aliphatic carbocycles. The number of amides is 1. The molecule has 0 aromatic heterocycles. The van der Waals surface area contributed by atoms with Crippen molar-refractivity contribution in [3.63, 3.8) is 0 Å². The summed E-state index contributed by atoms with van der Waals surface area (Å²) in [6.45, 7) is 1.83. The maximum Gasteiger partial charge on any atom is 0.221 e. The summed E-state index contributed by atoms with van der Waals surface area (Å²) in [6, 6.07) is 5.51. The molecule has 0 unspecified atom stereocenters. The standard InChI is InChI=1S/C15H24N2O4/c1-19-10-4-8-17-15(18)7-9-16-13-6-5-12(20-2)11-14(13)21-3/h5-6,11,16H,4,7-10H2,1-3H3,(H,17,18). The zero-order valence-electron chi connectivity index (χ0n) is 12.9. The quantitative estimate of drug-likeness (QED) is 0.643. The smallest absolute Gasteiger partial charge is 0.221 e. The molecule has 1 rings (SSSR count). The van der Waals surface area contributed by atoms with Gasteiger partial charge in [0.2, 0.25) is 5.91 Å². The van der Waals surface area contributed by atoms with Gasteiger partial charge in [-0.2, -0.15) is 0 Å². The highest BCUT2D eigenvalue weighted by Crippen LogP contribution is 2.28. The summed E-state index contributed by atoms with van der Waals surface area (Å²) in [5, 5.41) is 6.02. The molecule has 0 spiro atoms. The van der Waals surface area contributed by atoms with E-state index in [2.05, 4.69) is 10.6 Å². The fourth-order valence-corrected chi connectivity index (χ4v) is 1.79. The van der Waals surface area contributed by atoms with E-state index in [4.69, 9.17) is 14.2 Å². The minimum absolute atomic E-state index is 0.0195. The zero-order chi connectivity index (χ0) is 15.5. The first-order chi connectivity index (χ1) is 10.2. The van der Waals surface area contributed by atoms with Crippen LogP contribution in [0, 0.1) is 0 Å². The number of carbonyl (C=O) groups is 1.